The molecule has 3 rings (SSSR count). The Bertz CT molecular complexity index is 953. The average Bonchev–Trinajstić information content (AvgIpc) is 2.80. The Balaban J connectivity index is 1.62. The lowest BCUT2D eigenvalue weighted by Gasteiger charge is -2.32. The third-order valence-corrected chi connectivity index (χ3v) is 5.37. The van der Waals surface area contributed by atoms with Gasteiger partial charge in [-0.25, -0.2) is 0 Å². The highest BCUT2D eigenvalue weighted by Crippen LogP contribution is 2.33. The summed E-state index contributed by atoms with van der Waals surface area (Å²) in [5.74, 6) is 2.52. The SMILES string of the molecule is CN=C(NCCc1ccc(OC)c(OC(F)F)c1)N1CCc2cc(OC)c(OC)cc2C1. The lowest BCUT2D eigenvalue weighted by atomic mass is 9.99. The van der Waals surface area contributed by atoms with Gasteiger partial charge in [0.2, 0.25) is 0 Å². The van der Waals surface area contributed by atoms with Gasteiger partial charge in [0, 0.05) is 26.7 Å². The van der Waals surface area contributed by atoms with E-state index in [9.17, 15) is 8.78 Å². The second-order valence-corrected chi connectivity index (χ2v) is 7.24. The molecule has 0 saturated carbocycles. The van der Waals surface area contributed by atoms with Gasteiger partial charge in [0.05, 0.1) is 21.3 Å². The van der Waals surface area contributed by atoms with E-state index in [1.165, 1.54) is 18.2 Å². The summed E-state index contributed by atoms with van der Waals surface area (Å²) < 4.78 is 45.8. The van der Waals surface area contributed by atoms with Gasteiger partial charge in [-0.15, -0.1) is 0 Å². The molecule has 0 spiro atoms. The Morgan fingerprint density at radius 3 is 2.31 bits per heavy atom. The zero-order valence-electron chi connectivity index (χ0n) is 18.8. The molecular weight excluding hydrogens is 420 g/mol. The number of methoxy groups -OCH3 is 3. The summed E-state index contributed by atoms with van der Waals surface area (Å²) in [7, 11) is 6.43. The number of hydrogen-bond acceptors (Lipinski definition) is 5. The molecule has 0 amide bonds. The van der Waals surface area contributed by atoms with Crippen molar-refractivity contribution >= 4 is 5.96 Å². The predicted octanol–water partition coefficient (Wildman–Crippen LogP) is 3.49. The Labute approximate surface area is 186 Å². The summed E-state index contributed by atoms with van der Waals surface area (Å²) in [4.78, 5) is 6.58. The van der Waals surface area contributed by atoms with E-state index in [0.29, 0.717) is 25.3 Å². The van der Waals surface area contributed by atoms with Crippen LogP contribution in [0.2, 0.25) is 0 Å². The molecule has 1 heterocycles. The van der Waals surface area contributed by atoms with Gasteiger partial charge in [0.25, 0.3) is 0 Å². The molecule has 174 valence electrons. The highest BCUT2D eigenvalue weighted by Gasteiger charge is 2.21. The smallest absolute Gasteiger partial charge is 0.387 e. The van der Waals surface area contributed by atoms with Crippen LogP contribution in [0, 0.1) is 0 Å². The van der Waals surface area contributed by atoms with Crippen molar-refractivity contribution in [1.82, 2.24) is 10.2 Å². The van der Waals surface area contributed by atoms with Crippen LogP contribution in [0.1, 0.15) is 16.7 Å². The fourth-order valence-corrected chi connectivity index (χ4v) is 3.78. The number of benzene rings is 2. The highest BCUT2D eigenvalue weighted by molar-refractivity contribution is 5.80. The number of halogens is 2. The van der Waals surface area contributed by atoms with Crippen LogP contribution in [0.15, 0.2) is 35.3 Å². The first-order chi connectivity index (χ1) is 15.5. The fraction of sp³-hybridized carbons (Fsp3) is 0.435. The fourth-order valence-electron chi connectivity index (χ4n) is 3.78. The zero-order chi connectivity index (χ0) is 23.1. The topological polar surface area (TPSA) is 64.6 Å². The Morgan fingerprint density at radius 2 is 1.69 bits per heavy atom. The van der Waals surface area contributed by atoms with Gasteiger partial charge in [-0.05, 0) is 53.8 Å². The second kappa shape index (κ2) is 10.9. The molecule has 0 atom stereocenters. The predicted molar refractivity (Wildman–Crippen MR) is 118 cm³/mol. The van der Waals surface area contributed by atoms with Crippen molar-refractivity contribution < 1.29 is 27.7 Å². The molecule has 32 heavy (non-hydrogen) atoms. The van der Waals surface area contributed by atoms with Crippen molar-refractivity contribution in [3.8, 4) is 23.0 Å². The van der Waals surface area contributed by atoms with Crippen molar-refractivity contribution in [2.45, 2.75) is 26.0 Å². The van der Waals surface area contributed by atoms with Crippen LogP contribution in [-0.4, -0.2) is 58.9 Å². The lowest BCUT2D eigenvalue weighted by Crippen LogP contribution is -2.44. The number of alkyl halides is 2. The van der Waals surface area contributed by atoms with E-state index in [1.807, 2.05) is 18.2 Å². The summed E-state index contributed by atoms with van der Waals surface area (Å²) in [6, 6.07) is 9.08. The third-order valence-electron chi connectivity index (χ3n) is 5.37. The number of hydrogen-bond donors (Lipinski definition) is 1. The molecule has 0 saturated heterocycles. The highest BCUT2D eigenvalue weighted by atomic mass is 19.3. The Kier molecular flexibility index (Phi) is 7.97. The Hall–Kier alpha value is -3.23. The van der Waals surface area contributed by atoms with E-state index < -0.39 is 6.61 Å². The number of nitrogens with one attached hydrogen (secondary N) is 1. The average molecular weight is 449 g/mol. The molecular formula is C23H29F2N3O4. The van der Waals surface area contributed by atoms with Crippen LogP contribution < -0.4 is 24.3 Å². The minimum Gasteiger partial charge on any atom is -0.493 e. The summed E-state index contributed by atoms with van der Waals surface area (Å²) in [6.07, 6.45) is 1.47. The van der Waals surface area contributed by atoms with Crippen LogP contribution in [0.4, 0.5) is 8.78 Å². The van der Waals surface area contributed by atoms with E-state index in [4.69, 9.17) is 14.2 Å². The van der Waals surface area contributed by atoms with Crippen LogP contribution in [-0.2, 0) is 19.4 Å². The summed E-state index contributed by atoms with van der Waals surface area (Å²) in [5, 5.41) is 3.36. The first-order valence-corrected chi connectivity index (χ1v) is 10.3. The number of nitrogens with zero attached hydrogens (tertiary/aromatic N) is 2. The molecule has 1 aliphatic heterocycles. The van der Waals surface area contributed by atoms with Gasteiger partial charge in [-0.1, -0.05) is 6.07 Å². The number of ether oxygens (including phenoxy) is 4. The summed E-state index contributed by atoms with van der Waals surface area (Å²) in [6.45, 7) is -0.805. The minimum absolute atomic E-state index is 0.0291. The first kappa shape index (κ1) is 23.4. The summed E-state index contributed by atoms with van der Waals surface area (Å²) >= 11 is 0. The summed E-state index contributed by atoms with van der Waals surface area (Å²) in [5.41, 5.74) is 3.25. The van der Waals surface area contributed by atoms with Crippen LogP contribution >= 0.6 is 0 Å². The molecule has 2 aromatic carbocycles. The maximum atomic E-state index is 12.6. The molecule has 2 aromatic rings. The molecule has 1 aliphatic rings. The van der Waals surface area contributed by atoms with E-state index in [1.54, 1.807) is 33.4 Å². The van der Waals surface area contributed by atoms with Gasteiger partial charge < -0.3 is 29.2 Å². The number of aliphatic imine (C=N–C) groups is 1. The zero-order valence-corrected chi connectivity index (χ0v) is 18.8. The van der Waals surface area contributed by atoms with Crippen molar-refractivity contribution in [2.75, 3.05) is 41.5 Å². The van der Waals surface area contributed by atoms with Gasteiger partial charge in [0.15, 0.2) is 29.0 Å². The van der Waals surface area contributed by atoms with Gasteiger partial charge >= 0.3 is 6.61 Å². The van der Waals surface area contributed by atoms with E-state index in [2.05, 4.69) is 19.9 Å². The molecule has 0 aliphatic carbocycles. The minimum atomic E-state index is -2.91. The van der Waals surface area contributed by atoms with Gasteiger partial charge in [0.1, 0.15) is 0 Å². The van der Waals surface area contributed by atoms with Crippen molar-refractivity contribution in [2.24, 2.45) is 4.99 Å². The number of rotatable bonds is 8. The van der Waals surface area contributed by atoms with E-state index in [0.717, 1.165) is 30.2 Å². The molecule has 0 fully saturated rings. The van der Waals surface area contributed by atoms with E-state index in [-0.39, 0.29) is 11.5 Å². The van der Waals surface area contributed by atoms with E-state index >= 15 is 0 Å². The van der Waals surface area contributed by atoms with Crippen molar-refractivity contribution in [3.05, 3.63) is 47.0 Å². The van der Waals surface area contributed by atoms with Crippen molar-refractivity contribution in [1.29, 1.82) is 0 Å². The third kappa shape index (κ3) is 5.52. The second-order valence-electron chi connectivity index (χ2n) is 7.24. The quantitative estimate of drug-likeness (QED) is 0.492. The Morgan fingerprint density at radius 1 is 1.00 bits per heavy atom. The van der Waals surface area contributed by atoms with Crippen LogP contribution in [0.5, 0.6) is 23.0 Å². The lowest BCUT2D eigenvalue weighted by molar-refractivity contribution is -0.0512. The largest absolute Gasteiger partial charge is 0.493 e. The molecule has 9 heteroatoms. The standard InChI is InChI=1S/C23H29F2N3O4/c1-26-23(27-9-7-15-5-6-18(29-2)21(11-15)32-22(24)25)28-10-8-16-12-19(30-3)20(31-4)13-17(16)14-28/h5-6,11-13,22H,7-10,14H2,1-4H3,(H,26,27). The first-order valence-electron chi connectivity index (χ1n) is 10.3. The number of fused-ring (bicyclic) bond motifs is 1. The van der Waals surface area contributed by atoms with Gasteiger partial charge in [-0.3, -0.25) is 4.99 Å². The molecule has 0 aromatic heterocycles. The molecule has 7 nitrogen and oxygen atoms in total. The molecule has 0 bridgehead atoms. The van der Waals surface area contributed by atoms with Crippen LogP contribution in [0.3, 0.4) is 0 Å². The van der Waals surface area contributed by atoms with Gasteiger partial charge in [-0.2, -0.15) is 8.78 Å². The maximum Gasteiger partial charge on any atom is 0.387 e. The molecule has 0 radical (unpaired) electrons. The molecule has 0 unspecified atom stereocenters. The maximum absolute atomic E-state index is 12.6. The normalized spacial score (nSPS) is 13.6. The van der Waals surface area contributed by atoms with Crippen LogP contribution in [0.25, 0.3) is 0 Å². The molecule has 1 N–H and O–H groups in total. The monoisotopic (exact) mass is 449 g/mol. The number of guanidine groups is 1. The van der Waals surface area contributed by atoms with Crippen molar-refractivity contribution in [3.63, 3.8) is 0 Å².